The van der Waals surface area contributed by atoms with Gasteiger partial charge in [-0.15, -0.1) is 0 Å². The van der Waals surface area contributed by atoms with Gasteiger partial charge in [0.2, 0.25) is 0 Å². The Hall–Kier alpha value is -1.39. The second kappa shape index (κ2) is 6.16. The molecule has 1 heterocycles. The van der Waals surface area contributed by atoms with Gasteiger partial charge in [0.05, 0.1) is 24.4 Å². The number of rotatable bonds is 5. The highest BCUT2D eigenvalue weighted by atomic mass is 16.3. The van der Waals surface area contributed by atoms with Crippen LogP contribution in [0.3, 0.4) is 0 Å². The topological polar surface area (TPSA) is 50.1 Å². The van der Waals surface area contributed by atoms with E-state index in [0.29, 0.717) is 6.04 Å². The lowest BCUT2D eigenvalue weighted by molar-refractivity contribution is 0.0959. The standard InChI is InChI=1S/C17H25N3O/c1-2-10-18-17(13-21)9-5-7-15(11-17)20-16-8-4-3-6-14(16)12-19-20/h3-4,6,8,12,15,18,21H,2,5,7,9-11,13H2,1H3. The number of fused-ring (bicyclic) bond motifs is 1. The summed E-state index contributed by atoms with van der Waals surface area (Å²) in [6.45, 7) is 3.34. The van der Waals surface area contributed by atoms with E-state index in [1.165, 1.54) is 10.9 Å². The van der Waals surface area contributed by atoms with Gasteiger partial charge in [-0.2, -0.15) is 5.10 Å². The molecule has 0 spiro atoms. The highest BCUT2D eigenvalue weighted by molar-refractivity contribution is 5.78. The van der Waals surface area contributed by atoms with Gasteiger partial charge in [0, 0.05) is 10.9 Å². The summed E-state index contributed by atoms with van der Waals surface area (Å²) in [5.41, 5.74) is 1.07. The first-order valence-corrected chi connectivity index (χ1v) is 8.06. The second-order valence-electron chi connectivity index (χ2n) is 6.26. The van der Waals surface area contributed by atoms with Gasteiger partial charge in [0.1, 0.15) is 0 Å². The molecule has 2 unspecified atom stereocenters. The van der Waals surface area contributed by atoms with Gasteiger partial charge in [-0.25, -0.2) is 0 Å². The lowest BCUT2D eigenvalue weighted by atomic mass is 9.79. The molecule has 2 aromatic rings. The molecule has 0 amide bonds. The van der Waals surface area contributed by atoms with E-state index in [-0.39, 0.29) is 12.1 Å². The molecule has 4 heteroatoms. The molecule has 0 radical (unpaired) electrons. The minimum absolute atomic E-state index is 0.133. The van der Waals surface area contributed by atoms with E-state index in [4.69, 9.17) is 0 Å². The first-order valence-electron chi connectivity index (χ1n) is 8.06. The van der Waals surface area contributed by atoms with Crippen LogP contribution in [0.5, 0.6) is 0 Å². The number of hydrogen-bond donors (Lipinski definition) is 2. The van der Waals surface area contributed by atoms with Crippen LogP contribution in [0.25, 0.3) is 10.9 Å². The van der Waals surface area contributed by atoms with E-state index < -0.39 is 0 Å². The Morgan fingerprint density at radius 1 is 1.43 bits per heavy atom. The molecule has 0 bridgehead atoms. The Morgan fingerprint density at radius 3 is 3.10 bits per heavy atom. The molecule has 0 saturated heterocycles. The van der Waals surface area contributed by atoms with Crippen LogP contribution in [-0.4, -0.2) is 33.6 Å². The summed E-state index contributed by atoms with van der Waals surface area (Å²) in [4.78, 5) is 0. The molecule has 21 heavy (non-hydrogen) atoms. The Morgan fingerprint density at radius 2 is 2.29 bits per heavy atom. The maximum Gasteiger partial charge on any atom is 0.0685 e. The number of hydrogen-bond acceptors (Lipinski definition) is 3. The molecule has 1 fully saturated rings. The van der Waals surface area contributed by atoms with Crippen LogP contribution in [-0.2, 0) is 0 Å². The zero-order valence-electron chi connectivity index (χ0n) is 12.8. The molecule has 1 saturated carbocycles. The van der Waals surface area contributed by atoms with Gasteiger partial charge in [0.15, 0.2) is 0 Å². The molecule has 1 aliphatic rings. The SMILES string of the molecule is CCCNC1(CO)CCCC(n2ncc3ccccc32)C1. The summed E-state index contributed by atoms with van der Waals surface area (Å²) >= 11 is 0. The summed E-state index contributed by atoms with van der Waals surface area (Å²) in [6, 6.07) is 8.73. The lowest BCUT2D eigenvalue weighted by Gasteiger charge is -2.40. The second-order valence-corrected chi connectivity index (χ2v) is 6.26. The Bertz CT molecular complexity index is 594. The van der Waals surface area contributed by atoms with Crippen molar-refractivity contribution in [1.82, 2.24) is 15.1 Å². The lowest BCUT2D eigenvalue weighted by Crippen LogP contribution is -2.52. The summed E-state index contributed by atoms with van der Waals surface area (Å²) in [5, 5.41) is 19.3. The average molecular weight is 287 g/mol. The van der Waals surface area contributed by atoms with Crippen LogP contribution in [0.4, 0.5) is 0 Å². The van der Waals surface area contributed by atoms with Crippen molar-refractivity contribution in [1.29, 1.82) is 0 Å². The van der Waals surface area contributed by atoms with E-state index in [0.717, 1.165) is 38.6 Å². The van der Waals surface area contributed by atoms with Crippen molar-refractivity contribution in [3.63, 3.8) is 0 Å². The van der Waals surface area contributed by atoms with Crippen molar-refractivity contribution in [2.24, 2.45) is 0 Å². The van der Waals surface area contributed by atoms with Crippen molar-refractivity contribution in [3.8, 4) is 0 Å². The maximum absolute atomic E-state index is 9.90. The molecule has 1 aromatic carbocycles. The van der Waals surface area contributed by atoms with Crippen molar-refractivity contribution in [3.05, 3.63) is 30.5 Å². The molecule has 1 aromatic heterocycles. The third kappa shape index (κ3) is 2.83. The molecule has 2 N–H and O–H groups in total. The van der Waals surface area contributed by atoms with Crippen LogP contribution < -0.4 is 5.32 Å². The third-order valence-electron chi connectivity index (χ3n) is 4.72. The minimum atomic E-state index is -0.133. The van der Waals surface area contributed by atoms with Crippen LogP contribution in [0.1, 0.15) is 45.1 Å². The third-order valence-corrected chi connectivity index (χ3v) is 4.72. The van der Waals surface area contributed by atoms with Gasteiger partial charge >= 0.3 is 0 Å². The fourth-order valence-electron chi connectivity index (χ4n) is 3.57. The number of aromatic nitrogens is 2. The Labute approximate surface area is 126 Å². The molecule has 2 atom stereocenters. The highest BCUT2D eigenvalue weighted by Crippen LogP contribution is 2.36. The summed E-state index contributed by atoms with van der Waals surface area (Å²) in [6.07, 6.45) is 7.33. The van der Waals surface area contributed by atoms with Crippen molar-refractivity contribution < 1.29 is 5.11 Å². The zero-order chi connectivity index (χ0) is 14.7. The number of para-hydroxylation sites is 1. The zero-order valence-corrected chi connectivity index (χ0v) is 12.8. The van der Waals surface area contributed by atoms with Crippen LogP contribution >= 0.6 is 0 Å². The fourth-order valence-corrected chi connectivity index (χ4v) is 3.57. The first kappa shape index (κ1) is 14.5. The normalized spacial score (nSPS) is 26.3. The van der Waals surface area contributed by atoms with Gasteiger partial charge < -0.3 is 10.4 Å². The van der Waals surface area contributed by atoms with E-state index >= 15 is 0 Å². The molecular formula is C17H25N3O. The smallest absolute Gasteiger partial charge is 0.0685 e. The van der Waals surface area contributed by atoms with Crippen molar-refractivity contribution in [2.75, 3.05) is 13.2 Å². The average Bonchev–Trinajstić information content (AvgIpc) is 2.97. The fraction of sp³-hybridized carbons (Fsp3) is 0.588. The minimum Gasteiger partial charge on any atom is -0.394 e. The predicted molar refractivity (Wildman–Crippen MR) is 85.3 cm³/mol. The van der Waals surface area contributed by atoms with Gasteiger partial charge in [-0.1, -0.05) is 25.1 Å². The summed E-state index contributed by atoms with van der Waals surface area (Å²) in [5.74, 6) is 0. The Balaban J connectivity index is 1.85. The maximum atomic E-state index is 9.90. The highest BCUT2D eigenvalue weighted by Gasteiger charge is 2.36. The number of nitrogens with zero attached hydrogens (tertiary/aromatic N) is 2. The predicted octanol–water partition coefficient (Wildman–Crippen LogP) is 2.88. The van der Waals surface area contributed by atoms with E-state index in [1.54, 1.807) is 0 Å². The molecule has 0 aliphatic heterocycles. The monoisotopic (exact) mass is 287 g/mol. The Kier molecular flexibility index (Phi) is 4.27. The summed E-state index contributed by atoms with van der Waals surface area (Å²) < 4.78 is 2.16. The van der Waals surface area contributed by atoms with E-state index in [2.05, 4.69) is 46.3 Å². The first-order chi connectivity index (χ1) is 10.3. The van der Waals surface area contributed by atoms with Crippen LogP contribution in [0, 0.1) is 0 Å². The van der Waals surface area contributed by atoms with E-state index in [1.807, 2.05) is 6.20 Å². The van der Waals surface area contributed by atoms with E-state index in [9.17, 15) is 5.11 Å². The number of benzene rings is 1. The molecule has 4 nitrogen and oxygen atoms in total. The number of aliphatic hydroxyl groups excluding tert-OH is 1. The van der Waals surface area contributed by atoms with Gasteiger partial charge in [-0.3, -0.25) is 4.68 Å². The molecule has 3 rings (SSSR count). The van der Waals surface area contributed by atoms with Crippen molar-refractivity contribution >= 4 is 10.9 Å². The molecule has 114 valence electrons. The molecule has 1 aliphatic carbocycles. The van der Waals surface area contributed by atoms with Gasteiger partial charge in [-0.05, 0) is 44.7 Å². The van der Waals surface area contributed by atoms with Crippen molar-refractivity contribution in [2.45, 2.75) is 50.6 Å². The number of nitrogens with one attached hydrogen (secondary N) is 1. The largest absolute Gasteiger partial charge is 0.394 e. The van der Waals surface area contributed by atoms with Crippen LogP contribution in [0.2, 0.25) is 0 Å². The van der Waals surface area contributed by atoms with Crippen LogP contribution in [0.15, 0.2) is 30.5 Å². The summed E-state index contributed by atoms with van der Waals surface area (Å²) in [7, 11) is 0. The quantitative estimate of drug-likeness (QED) is 0.889. The molecular weight excluding hydrogens is 262 g/mol. The number of aliphatic hydroxyl groups is 1. The van der Waals surface area contributed by atoms with Gasteiger partial charge in [0.25, 0.3) is 0 Å².